The summed E-state index contributed by atoms with van der Waals surface area (Å²) in [4.78, 5) is 24.3. The summed E-state index contributed by atoms with van der Waals surface area (Å²) in [5.41, 5.74) is 0.223. The predicted molar refractivity (Wildman–Crippen MR) is 66.8 cm³/mol. The number of likely N-dealkylation sites (tertiary alicyclic amines) is 1. The molecule has 1 aromatic carbocycles. The van der Waals surface area contributed by atoms with Gasteiger partial charge in [0.25, 0.3) is 11.6 Å². The summed E-state index contributed by atoms with van der Waals surface area (Å²) >= 11 is 1.27. The number of carbonyl (C=O) groups is 1. The summed E-state index contributed by atoms with van der Waals surface area (Å²) in [5.74, 6) is -0.281. The van der Waals surface area contributed by atoms with Crippen LogP contribution in [0.5, 0.6) is 0 Å². The van der Waals surface area contributed by atoms with E-state index >= 15 is 0 Å². The van der Waals surface area contributed by atoms with Gasteiger partial charge in [0.15, 0.2) is 0 Å². The highest BCUT2D eigenvalue weighted by Gasteiger charge is 2.30. The molecule has 0 aromatic heterocycles. The van der Waals surface area contributed by atoms with Gasteiger partial charge in [-0.3, -0.25) is 14.9 Å². The van der Waals surface area contributed by atoms with Crippen LogP contribution in [-0.2, 0) is 0 Å². The molecule has 0 spiro atoms. The van der Waals surface area contributed by atoms with E-state index < -0.39 is 11.0 Å². The van der Waals surface area contributed by atoms with E-state index in [0.717, 1.165) is 0 Å². The number of benzene rings is 1. The van der Waals surface area contributed by atoms with E-state index in [1.165, 1.54) is 22.7 Å². The molecule has 0 saturated carbocycles. The standard InChI is InChI=1S/C11H12N2O4S/c1-18-10-3-2-7(4-9(10)13(16)17)11(15)12-5-8(14)6-12/h2-4,8,14H,5-6H2,1H3. The summed E-state index contributed by atoms with van der Waals surface area (Å²) in [6.45, 7) is 0.577. The summed E-state index contributed by atoms with van der Waals surface area (Å²) in [7, 11) is 0. The predicted octanol–water partition coefficient (Wildman–Crippen LogP) is 1.13. The number of carbonyl (C=O) groups excluding carboxylic acids is 1. The first-order valence-corrected chi connectivity index (χ1v) is 6.55. The molecule has 1 aliphatic heterocycles. The fourth-order valence-corrected chi connectivity index (χ4v) is 2.32. The molecule has 7 heteroatoms. The zero-order chi connectivity index (χ0) is 13.3. The quantitative estimate of drug-likeness (QED) is 0.505. The molecule has 1 amide bonds. The minimum Gasteiger partial charge on any atom is -0.389 e. The molecule has 1 fully saturated rings. The first-order valence-electron chi connectivity index (χ1n) is 5.32. The number of aliphatic hydroxyl groups is 1. The highest BCUT2D eigenvalue weighted by molar-refractivity contribution is 7.98. The van der Waals surface area contributed by atoms with Gasteiger partial charge in [0.2, 0.25) is 0 Å². The minimum atomic E-state index is -0.492. The van der Waals surface area contributed by atoms with Crippen LogP contribution in [-0.4, -0.2) is 46.3 Å². The number of thioether (sulfide) groups is 1. The molecule has 1 heterocycles. The third-order valence-corrected chi connectivity index (χ3v) is 3.56. The van der Waals surface area contributed by atoms with Crippen LogP contribution in [0.4, 0.5) is 5.69 Å². The Hall–Kier alpha value is -1.60. The average molecular weight is 268 g/mol. The Balaban J connectivity index is 2.26. The van der Waals surface area contributed by atoms with Crippen molar-refractivity contribution >= 4 is 23.4 Å². The lowest BCUT2D eigenvalue weighted by Gasteiger charge is -2.35. The minimum absolute atomic E-state index is 0.0607. The monoisotopic (exact) mass is 268 g/mol. The first kappa shape index (κ1) is 12.8. The van der Waals surface area contributed by atoms with Crippen LogP contribution in [0.2, 0.25) is 0 Å². The van der Waals surface area contributed by atoms with Crippen molar-refractivity contribution in [2.45, 2.75) is 11.0 Å². The number of nitro benzene ring substituents is 1. The zero-order valence-corrected chi connectivity index (χ0v) is 10.5. The maximum absolute atomic E-state index is 11.9. The van der Waals surface area contributed by atoms with Crippen molar-refractivity contribution in [3.05, 3.63) is 33.9 Å². The Bertz CT molecular complexity index is 500. The van der Waals surface area contributed by atoms with E-state index in [-0.39, 0.29) is 30.2 Å². The average Bonchev–Trinajstić information content (AvgIpc) is 2.33. The molecule has 0 unspecified atom stereocenters. The molecule has 1 N–H and O–H groups in total. The molecule has 96 valence electrons. The van der Waals surface area contributed by atoms with E-state index in [1.807, 2.05) is 0 Å². The fraction of sp³-hybridized carbons (Fsp3) is 0.364. The Morgan fingerprint density at radius 3 is 2.72 bits per heavy atom. The maximum atomic E-state index is 11.9. The summed E-state index contributed by atoms with van der Waals surface area (Å²) in [5, 5.41) is 20.0. The number of hydrogen-bond donors (Lipinski definition) is 1. The molecule has 0 aliphatic carbocycles. The van der Waals surface area contributed by atoms with E-state index in [1.54, 1.807) is 18.4 Å². The number of nitrogens with zero attached hydrogens (tertiary/aromatic N) is 2. The van der Waals surface area contributed by atoms with Crippen molar-refractivity contribution < 1.29 is 14.8 Å². The molecule has 1 saturated heterocycles. The fourth-order valence-electron chi connectivity index (χ4n) is 1.77. The van der Waals surface area contributed by atoms with Crippen molar-refractivity contribution in [2.24, 2.45) is 0 Å². The second kappa shape index (κ2) is 4.95. The van der Waals surface area contributed by atoms with Gasteiger partial charge in [-0.15, -0.1) is 11.8 Å². The van der Waals surface area contributed by atoms with Gasteiger partial charge in [0.05, 0.1) is 15.9 Å². The lowest BCUT2D eigenvalue weighted by atomic mass is 10.1. The molecular formula is C11H12N2O4S. The highest BCUT2D eigenvalue weighted by atomic mass is 32.2. The number of hydrogen-bond acceptors (Lipinski definition) is 5. The van der Waals surface area contributed by atoms with Crippen LogP contribution >= 0.6 is 11.8 Å². The Labute approximate surface area is 108 Å². The second-order valence-corrected chi connectivity index (χ2v) is 4.86. The number of nitro groups is 1. The van der Waals surface area contributed by atoms with Crippen molar-refractivity contribution in [1.29, 1.82) is 0 Å². The topological polar surface area (TPSA) is 83.7 Å². The third-order valence-electron chi connectivity index (χ3n) is 2.77. The Morgan fingerprint density at radius 2 is 2.22 bits per heavy atom. The van der Waals surface area contributed by atoms with Crippen LogP contribution in [0.3, 0.4) is 0 Å². The van der Waals surface area contributed by atoms with Gasteiger partial charge in [-0.1, -0.05) is 0 Å². The zero-order valence-electron chi connectivity index (χ0n) is 9.70. The number of amides is 1. The van der Waals surface area contributed by atoms with Gasteiger partial charge in [-0.2, -0.15) is 0 Å². The molecule has 6 nitrogen and oxygen atoms in total. The molecule has 18 heavy (non-hydrogen) atoms. The van der Waals surface area contributed by atoms with Crippen LogP contribution < -0.4 is 0 Å². The van der Waals surface area contributed by atoms with E-state index in [9.17, 15) is 14.9 Å². The maximum Gasteiger partial charge on any atom is 0.283 e. The lowest BCUT2D eigenvalue weighted by Crippen LogP contribution is -2.53. The van der Waals surface area contributed by atoms with Crippen molar-refractivity contribution in [2.75, 3.05) is 19.3 Å². The van der Waals surface area contributed by atoms with Gasteiger partial charge in [0, 0.05) is 24.7 Å². The van der Waals surface area contributed by atoms with Gasteiger partial charge < -0.3 is 10.0 Å². The molecule has 0 bridgehead atoms. The van der Waals surface area contributed by atoms with Crippen molar-refractivity contribution in [3.8, 4) is 0 Å². The SMILES string of the molecule is CSc1ccc(C(=O)N2CC(O)C2)cc1[N+](=O)[O-]. The van der Waals surface area contributed by atoms with Crippen LogP contribution in [0.25, 0.3) is 0 Å². The number of rotatable bonds is 3. The largest absolute Gasteiger partial charge is 0.389 e. The molecule has 1 aliphatic rings. The smallest absolute Gasteiger partial charge is 0.283 e. The molecule has 1 aromatic rings. The molecule has 0 radical (unpaired) electrons. The van der Waals surface area contributed by atoms with E-state index in [2.05, 4.69) is 0 Å². The summed E-state index contributed by atoms with van der Waals surface area (Å²) < 4.78 is 0. The summed E-state index contributed by atoms with van der Waals surface area (Å²) in [6.07, 6.45) is 1.27. The Kier molecular flexibility index (Phi) is 3.53. The Morgan fingerprint density at radius 1 is 1.56 bits per heavy atom. The van der Waals surface area contributed by atoms with Gasteiger partial charge in [-0.25, -0.2) is 0 Å². The van der Waals surface area contributed by atoms with Crippen LogP contribution in [0.15, 0.2) is 23.1 Å². The van der Waals surface area contributed by atoms with E-state index in [4.69, 9.17) is 5.11 Å². The molecule has 2 rings (SSSR count). The second-order valence-electron chi connectivity index (χ2n) is 4.01. The van der Waals surface area contributed by atoms with Crippen LogP contribution in [0.1, 0.15) is 10.4 Å². The first-order chi connectivity index (χ1) is 8.52. The lowest BCUT2D eigenvalue weighted by molar-refractivity contribution is -0.387. The molecule has 0 atom stereocenters. The van der Waals surface area contributed by atoms with E-state index in [0.29, 0.717) is 4.90 Å². The number of aliphatic hydroxyl groups excluding tert-OH is 1. The highest BCUT2D eigenvalue weighted by Crippen LogP contribution is 2.29. The van der Waals surface area contributed by atoms with Gasteiger partial charge in [-0.05, 0) is 18.4 Å². The van der Waals surface area contributed by atoms with Crippen molar-refractivity contribution in [1.82, 2.24) is 4.90 Å². The summed E-state index contributed by atoms with van der Waals surface area (Å²) in [6, 6.07) is 4.44. The third kappa shape index (κ3) is 2.32. The van der Waals surface area contributed by atoms with Gasteiger partial charge >= 0.3 is 0 Å². The van der Waals surface area contributed by atoms with Crippen LogP contribution in [0, 0.1) is 10.1 Å². The number of β-amino-alcohol motifs (C(OH)–C–C–N with tert-alkyl or cyclic N) is 1. The molecular weight excluding hydrogens is 256 g/mol. The van der Waals surface area contributed by atoms with Crippen molar-refractivity contribution in [3.63, 3.8) is 0 Å². The van der Waals surface area contributed by atoms with Gasteiger partial charge in [0.1, 0.15) is 0 Å². The normalized spacial score (nSPS) is 15.3.